The number of nitrogens with one attached hydrogen (secondary N) is 1. The van der Waals surface area contributed by atoms with Gasteiger partial charge in [0.2, 0.25) is 0 Å². The van der Waals surface area contributed by atoms with Gasteiger partial charge in [0.25, 0.3) is 0 Å². The lowest BCUT2D eigenvalue weighted by Gasteiger charge is -2.26. The monoisotopic (exact) mass is 469 g/mol. The predicted octanol–water partition coefficient (Wildman–Crippen LogP) is 4.34. The zero-order valence-electron chi connectivity index (χ0n) is 14.3. The van der Waals surface area contributed by atoms with E-state index in [9.17, 15) is 0 Å². The molecule has 0 spiro atoms. The second-order valence-corrected chi connectivity index (χ2v) is 6.99. The molecule has 2 aromatic rings. The minimum absolute atomic E-state index is 0. The van der Waals surface area contributed by atoms with Crippen LogP contribution in [-0.4, -0.2) is 18.3 Å². The summed E-state index contributed by atoms with van der Waals surface area (Å²) in [4.78, 5) is 5.77. The normalized spacial score (nSPS) is 16.4. The van der Waals surface area contributed by atoms with Gasteiger partial charge < -0.3 is 15.8 Å². The Morgan fingerprint density at radius 2 is 2.12 bits per heavy atom. The second-order valence-electron chi connectivity index (χ2n) is 5.65. The molecule has 1 atom stereocenters. The van der Waals surface area contributed by atoms with Crippen molar-refractivity contribution in [3.05, 3.63) is 59.7 Å². The molecule has 0 aromatic heterocycles. The first-order chi connectivity index (χ1) is 11.8. The van der Waals surface area contributed by atoms with Gasteiger partial charge in [-0.2, -0.15) is 0 Å². The van der Waals surface area contributed by atoms with E-state index in [1.165, 1.54) is 10.5 Å². The van der Waals surface area contributed by atoms with Crippen molar-refractivity contribution >= 4 is 41.7 Å². The van der Waals surface area contributed by atoms with E-state index in [0.717, 1.165) is 23.5 Å². The maximum atomic E-state index is 6.10. The summed E-state index contributed by atoms with van der Waals surface area (Å²) in [5, 5.41) is 3.33. The van der Waals surface area contributed by atoms with Gasteiger partial charge in [-0.25, -0.2) is 4.99 Å². The highest BCUT2D eigenvalue weighted by atomic mass is 127. The first-order valence-electron chi connectivity index (χ1n) is 8.26. The molecule has 3 rings (SSSR count). The highest BCUT2D eigenvalue weighted by Gasteiger charge is 2.21. The molecular weight excluding hydrogens is 445 g/mol. The Hall–Kier alpha value is -1.41. The molecule has 3 N–H and O–H groups in total. The number of thioether (sulfide) groups is 1. The third kappa shape index (κ3) is 5.54. The van der Waals surface area contributed by atoms with Crippen molar-refractivity contribution in [2.75, 3.05) is 12.4 Å². The van der Waals surface area contributed by atoms with Gasteiger partial charge in [0.05, 0.1) is 19.2 Å². The highest BCUT2D eigenvalue weighted by molar-refractivity contribution is 14.0. The Bertz CT molecular complexity index is 723. The van der Waals surface area contributed by atoms with Crippen LogP contribution in [0.25, 0.3) is 0 Å². The highest BCUT2D eigenvalue weighted by Crippen LogP contribution is 2.31. The van der Waals surface area contributed by atoms with Gasteiger partial charge >= 0.3 is 0 Å². The Kier molecular flexibility index (Phi) is 7.90. The van der Waals surface area contributed by atoms with E-state index in [-0.39, 0.29) is 30.0 Å². The predicted molar refractivity (Wildman–Crippen MR) is 116 cm³/mol. The van der Waals surface area contributed by atoms with Gasteiger partial charge in [-0.1, -0.05) is 37.3 Å². The fourth-order valence-corrected chi connectivity index (χ4v) is 3.54. The van der Waals surface area contributed by atoms with Gasteiger partial charge in [-0.15, -0.1) is 35.7 Å². The summed E-state index contributed by atoms with van der Waals surface area (Å²) in [6, 6.07) is 16.7. The summed E-state index contributed by atoms with van der Waals surface area (Å²) >= 11 is 1.84. The summed E-state index contributed by atoms with van der Waals surface area (Å²) in [5.41, 5.74) is 8.41. The average Bonchev–Trinajstić information content (AvgIpc) is 2.61. The summed E-state index contributed by atoms with van der Waals surface area (Å²) < 4.78 is 5.68. The number of para-hydroxylation sites is 1. The van der Waals surface area contributed by atoms with Crippen LogP contribution in [0.3, 0.4) is 0 Å². The summed E-state index contributed by atoms with van der Waals surface area (Å²) in [6.45, 7) is 3.43. The summed E-state index contributed by atoms with van der Waals surface area (Å²) in [6.07, 6.45) is 0.885. The number of fused-ring (bicyclic) bond motifs is 1. The van der Waals surface area contributed by atoms with E-state index >= 15 is 0 Å². The topological polar surface area (TPSA) is 59.6 Å². The van der Waals surface area contributed by atoms with Crippen LogP contribution >= 0.6 is 35.7 Å². The summed E-state index contributed by atoms with van der Waals surface area (Å²) in [7, 11) is 0. The Morgan fingerprint density at radius 3 is 2.96 bits per heavy atom. The number of nitrogens with two attached hydrogens (primary N) is 1. The minimum Gasteiger partial charge on any atom is -0.493 e. The van der Waals surface area contributed by atoms with Crippen molar-refractivity contribution in [3.8, 4) is 5.75 Å². The molecule has 4 nitrogen and oxygen atoms in total. The molecule has 25 heavy (non-hydrogen) atoms. The van der Waals surface area contributed by atoms with Gasteiger partial charge in [0.1, 0.15) is 5.75 Å². The van der Waals surface area contributed by atoms with Crippen molar-refractivity contribution in [2.45, 2.75) is 30.8 Å². The molecule has 0 saturated heterocycles. The van der Waals surface area contributed by atoms with E-state index in [4.69, 9.17) is 10.5 Å². The largest absolute Gasteiger partial charge is 0.493 e. The standard InChI is InChI=1S/C19H23N3OS.HI/c1-2-24-15-7-5-6-14(12-15)13-21-19(20)22-17-10-11-23-18-9-4-3-8-16(17)18;/h3-9,12,17H,2,10-11,13H2,1H3,(H3,20,21,22);1H. The fourth-order valence-electron chi connectivity index (χ4n) is 2.79. The van der Waals surface area contributed by atoms with E-state index in [0.29, 0.717) is 19.1 Å². The molecule has 134 valence electrons. The molecular formula is C19H24IN3OS. The Balaban J connectivity index is 0.00000225. The molecule has 0 amide bonds. The third-order valence-electron chi connectivity index (χ3n) is 3.92. The van der Waals surface area contributed by atoms with Crippen molar-refractivity contribution in [1.29, 1.82) is 0 Å². The Morgan fingerprint density at radius 1 is 1.28 bits per heavy atom. The van der Waals surface area contributed by atoms with E-state index in [2.05, 4.69) is 47.6 Å². The summed E-state index contributed by atoms with van der Waals surface area (Å²) in [5.74, 6) is 2.48. The fraction of sp³-hybridized carbons (Fsp3) is 0.316. The average molecular weight is 469 g/mol. The molecule has 0 bridgehead atoms. The van der Waals surface area contributed by atoms with Gasteiger partial charge in [-0.3, -0.25) is 0 Å². The quantitative estimate of drug-likeness (QED) is 0.296. The molecule has 0 fully saturated rings. The van der Waals surface area contributed by atoms with Crippen molar-refractivity contribution < 1.29 is 4.74 Å². The minimum atomic E-state index is 0. The number of ether oxygens (including phenoxy) is 1. The lowest BCUT2D eigenvalue weighted by atomic mass is 10.0. The molecule has 1 heterocycles. The van der Waals surface area contributed by atoms with E-state index in [1.54, 1.807) is 0 Å². The number of aliphatic imine (C=N–C) groups is 1. The van der Waals surface area contributed by atoms with E-state index in [1.807, 2.05) is 30.0 Å². The molecule has 0 aliphatic carbocycles. The van der Waals surface area contributed by atoms with Gasteiger partial charge in [0.15, 0.2) is 5.96 Å². The van der Waals surface area contributed by atoms with Crippen LogP contribution in [0, 0.1) is 0 Å². The third-order valence-corrected chi connectivity index (χ3v) is 4.80. The van der Waals surface area contributed by atoms with E-state index < -0.39 is 0 Å². The van der Waals surface area contributed by atoms with Crippen LogP contribution < -0.4 is 15.8 Å². The van der Waals surface area contributed by atoms with Crippen LogP contribution in [0.4, 0.5) is 0 Å². The molecule has 0 radical (unpaired) electrons. The number of hydrogen-bond acceptors (Lipinski definition) is 3. The van der Waals surface area contributed by atoms with Crippen molar-refractivity contribution in [3.63, 3.8) is 0 Å². The SMILES string of the molecule is CCSc1cccc(CN=C(N)NC2CCOc3ccccc32)c1.I. The number of nitrogens with zero attached hydrogens (tertiary/aromatic N) is 1. The number of halogens is 1. The lowest BCUT2D eigenvalue weighted by Crippen LogP contribution is -2.37. The molecule has 1 aliphatic rings. The van der Waals surface area contributed by atoms with Crippen molar-refractivity contribution in [2.24, 2.45) is 10.7 Å². The molecule has 6 heteroatoms. The molecule has 2 aromatic carbocycles. The van der Waals surface area contributed by atoms with Crippen LogP contribution in [-0.2, 0) is 6.54 Å². The lowest BCUT2D eigenvalue weighted by molar-refractivity contribution is 0.262. The second kappa shape index (κ2) is 9.91. The van der Waals surface area contributed by atoms with Crippen LogP contribution in [0.2, 0.25) is 0 Å². The zero-order chi connectivity index (χ0) is 16.8. The first-order valence-corrected chi connectivity index (χ1v) is 9.24. The molecule has 1 unspecified atom stereocenters. The van der Waals surface area contributed by atoms with Crippen LogP contribution in [0.5, 0.6) is 5.75 Å². The molecule has 0 saturated carbocycles. The van der Waals surface area contributed by atoms with Gasteiger partial charge in [0, 0.05) is 16.9 Å². The number of benzene rings is 2. The first kappa shape index (κ1) is 19.9. The molecule has 1 aliphatic heterocycles. The van der Waals surface area contributed by atoms with Gasteiger partial charge in [-0.05, 0) is 29.5 Å². The van der Waals surface area contributed by atoms with Crippen LogP contribution in [0.15, 0.2) is 58.4 Å². The maximum Gasteiger partial charge on any atom is 0.189 e. The smallest absolute Gasteiger partial charge is 0.189 e. The Labute approximate surface area is 170 Å². The zero-order valence-corrected chi connectivity index (χ0v) is 17.4. The number of guanidine groups is 1. The maximum absolute atomic E-state index is 6.10. The van der Waals surface area contributed by atoms with Crippen molar-refractivity contribution in [1.82, 2.24) is 5.32 Å². The number of rotatable bonds is 5. The van der Waals surface area contributed by atoms with Crippen LogP contribution in [0.1, 0.15) is 30.5 Å². The number of hydrogen-bond donors (Lipinski definition) is 2.